The predicted molar refractivity (Wildman–Crippen MR) is 80.3 cm³/mol. The summed E-state index contributed by atoms with van der Waals surface area (Å²) >= 11 is 3.27. The van der Waals surface area contributed by atoms with Crippen molar-refractivity contribution in [1.82, 2.24) is 9.97 Å². The van der Waals surface area contributed by atoms with E-state index in [9.17, 15) is 0 Å². The number of halogens is 1. The highest BCUT2D eigenvalue weighted by Gasteiger charge is 2.09. The van der Waals surface area contributed by atoms with Crippen LogP contribution in [-0.4, -0.2) is 16.6 Å². The van der Waals surface area contributed by atoms with Gasteiger partial charge in [0.1, 0.15) is 22.1 Å². The number of nitrogens with zero attached hydrogens (tertiary/aromatic N) is 3. The second-order valence-corrected chi connectivity index (χ2v) is 5.04. The maximum Gasteiger partial charge on any atom is 0.166 e. The minimum Gasteiger partial charge on any atom is -0.494 e. The summed E-state index contributed by atoms with van der Waals surface area (Å²) in [5.74, 6) is 0.823. The smallest absolute Gasteiger partial charge is 0.166 e. The average Bonchev–Trinajstić information content (AvgIpc) is 2.48. The molecule has 1 aromatic carbocycles. The van der Waals surface area contributed by atoms with Crippen molar-refractivity contribution >= 4 is 15.9 Å². The number of benzene rings is 1. The highest BCUT2D eigenvalue weighted by Crippen LogP contribution is 2.24. The van der Waals surface area contributed by atoms with Crippen LogP contribution in [0.25, 0.3) is 11.3 Å². The van der Waals surface area contributed by atoms with Crippen molar-refractivity contribution in [3.8, 4) is 23.1 Å². The van der Waals surface area contributed by atoms with Crippen LogP contribution in [0.2, 0.25) is 0 Å². The Morgan fingerprint density at radius 3 is 2.70 bits per heavy atom. The third kappa shape index (κ3) is 3.55. The Morgan fingerprint density at radius 2 is 2.05 bits per heavy atom. The van der Waals surface area contributed by atoms with E-state index in [4.69, 9.17) is 10.00 Å². The van der Waals surface area contributed by atoms with E-state index >= 15 is 0 Å². The molecular weight excluding hydrogens is 318 g/mol. The van der Waals surface area contributed by atoms with Gasteiger partial charge in [-0.1, -0.05) is 13.3 Å². The average molecular weight is 332 g/mol. The Balaban J connectivity index is 2.22. The van der Waals surface area contributed by atoms with Crippen molar-refractivity contribution in [2.75, 3.05) is 6.61 Å². The van der Waals surface area contributed by atoms with Crippen LogP contribution in [0.15, 0.2) is 35.1 Å². The fourth-order valence-corrected chi connectivity index (χ4v) is 1.97. The molecule has 5 heteroatoms. The molecule has 0 bridgehead atoms. The first-order chi connectivity index (χ1) is 9.74. The molecule has 0 aliphatic heterocycles. The van der Waals surface area contributed by atoms with Gasteiger partial charge in [-0.3, -0.25) is 0 Å². The molecule has 1 heterocycles. The van der Waals surface area contributed by atoms with Crippen LogP contribution < -0.4 is 4.74 Å². The summed E-state index contributed by atoms with van der Waals surface area (Å²) in [5, 5.41) is 9.08. The SMILES string of the molecule is CCCCOc1ccc(-c2nc(Br)cnc2C#N)cc1. The second kappa shape index (κ2) is 7.01. The Labute approximate surface area is 126 Å². The van der Waals surface area contributed by atoms with E-state index in [-0.39, 0.29) is 0 Å². The van der Waals surface area contributed by atoms with Gasteiger partial charge in [-0.05, 0) is 46.6 Å². The number of aromatic nitrogens is 2. The normalized spacial score (nSPS) is 10.1. The van der Waals surface area contributed by atoms with Crippen LogP contribution in [0.3, 0.4) is 0 Å². The second-order valence-electron chi connectivity index (χ2n) is 4.23. The monoisotopic (exact) mass is 331 g/mol. The summed E-state index contributed by atoms with van der Waals surface area (Å²) in [6.07, 6.45) is 3.67. The molecule has 0 aliphatic rings. The summed E-state index contributed by atoms with van der Waals surface area (Å²) in [6.45, 7) is 2.85. The molecule has 20 heavy (non-hydrogen) atoms. The van der Waals surface area contributed by atoms with Gasteiger partial charge < -0.3 is 4.74 Å². The molecule has 0 fully saturated rings. The number of hydrogen-bond donors (Lipinski definition) is 0. The van der Waals surface area contributed by atoms with Gasteiger partial charge in [-0.2, -0.15) is 5.26 Å². The molecule has 0 N–H and O–H groups in total. The molecule has 2 rings (SSSR count). The molecule has 1 aromatic heterocycles. The first-order valence-corrected chi connectivity index (χ1v) is 7.19. The van der Waals surface area contributed by atoms with Crippen molar-refractivity contribution in [2.45, 2.75) is 19.8 Å². The Kier molecular flexibility index (Phi) is 5.08. The van der Waals surface area contributed by atoms with Crippen LogP contribution in [0.1, 0.15) is 25.5 Å². The number of hydrogen-bond acceptors (Lipinski definition) is 4. The molecule has 0 unspecified atom stereocenters. The largest absolute Gasteiger partial charge is 0.494 e. The van der Waals surface area contributed by atoms with Gasteiger partial charge in [-0.15, -0.1) is 0 Å². The van der Waals surface area contributed by atoms with E-state index in [0.29, 0.717) is 16.0 Å². The number of rotatable bonds is 5. The standard InChI is InChI=1S/C15H14BrN3O/c1-2-3-8-20-12-6-4-11(5-7-12)15-13(9-17)18-10-14(16)19-15/h4-7,10H,2-3,8H2,1H3. The minimum atomic E-state index is 0.313. The summed E-state index contributed by atoms with van der Waals surface area (Å²) < 4.78 is 6.21. The van der Waals surface area contributed by atoms with Crippen LogP contribution in [0, 0.1) is 11.3 Å². The summed E-state index contributed by atoms with van der Waals surface area (Å²) in [6, 6.07) is 9.59. The van der Waals surface area contributed by atoms with Crippen molar-refractivity contribution in [3.63, 3.8) is 0 Å². The first kappa shape index (κ1) is 14.5. The van der Waals surface area contributed by atoms with Crippen LogP contribution >= 0.6 is 15.9 Å². The van der Waals surface area contributed by atoms with E-state index in [1.54, 1.807) is 0 Å². The molecule has 4 nitrogen and oxygen atoms in total. The van der Waals surface area contributed by atoms with Gasteiger partial charge >= 0.3 is 0 Å². The molecule has 0 amide bonds. The van der Waals surface area contributed by atoms with Crippen molar-refractivity contribution in [1.29, 1.82) is 5.26 Å². The van der Waals surface area contributed by atoms with Crippen molar-refractivity contribution in [3.05, 3.63) is 40.8 Å². The first-order valence-electron chi connectivity index (χ1n) is 6.40. The van der Waals surface area contributed by atoms with Crippen LogP contribution in [0.5, 0.6) is 5.75 Å². The lowest BCUT2D eigenvalue weighted by Crippen LogP contribution is -1.97. The fourth-order valence-electron chi connectivity index (χ4n) is 1.69. The molecule has 0 radical (unpaired) electrons. The summed E-state index contributed by atoms with van der Waals surface area (Å²) in [4.78, 5) is 8.36. The lowest BCUT2D eigenvalue weighted by atomic mass is 10.1. The maximum absolute atomic E-state index is 9.08. The Morgan fingerprint density at radius 1 is 1.30 bits per heavy atom. The quantitative estimate of drug-likeness (QED) is 0.778. The van der Waals surface area contributed by atoms with Gasteiger partial charge in [0.2, 0.25) is 0 Å². The molecule has 0 spiro atoms. The number of nitriles is 1. The van der Waals surface area contributed by atoms with Gasteiger partial charge in [0.25, 0.3) is 0 Å². The highest BCUT2D eigenvalue weighted by atomic mass is 79.9. The maximum atomic E-state index is 9.08. The topological polar surface area (TPSA) is 58.8 Å². The zero-order valence-corrected chi connectivity index (χ0v) is 12.7. The molecular formula is C15H14BrN3O. The summed E-state index contributed by atoms with van der Waals surface area (Å²) in [5.41, 5.74) is 1.73. The number of ether oxygens (including phenoxy) is 1. The van der Waals surface area contributed by atoms with E-state index in [1.807, 2.05) is 24.3 Å². The third-order valence-corrected chi connectivity index (χ3v) is 3.13. The molecule has 0 aliphatic carbocycles. The predicted octanol–water partition coefficient (Wildman–Crippen LogP) is 3.96. The third-order valence-electron chi connectivity index (χ3n) is 2.74. The fraction of sp³-hybridized carbons (Fsp3) is 0.267. The van der Waals surface area contributed by atoms with Crippen LogP contribution in [0.4, 0.5) is 0 Å². The van der Waals surface area contributed by atoms with E-state index < -0.39 is 0 Å². The van der Waals surface area contributed by atoms with Gasteiger partial charge in [0.05, 0.1) is 12.8 Å². The molecule has 102 valence electrons. The lowest BCUT2D eigenvalue weighted by Gasteiger charge is -2.07. The Bertz CT molecular complexity index is 620. The van der Waals surface area contributed by atoms with Crippen LogP contribution in [-0.2, 0) is 0 Å². The minimum absolute atomic E-state index is 0.313. The Hall–Kier alpha value is -1.93. The van der Waals surface area contributed by atoms with E-state index in [0.717, 1.165) is 30.8 Å². The van der Waals surface area contributed by atoms with Gasteiger partial charge in [0, 0.05) is 5.56 Å². The van der Waals surface area contributed by atoms with Crippen molar-refractivity contribution < 1.29 is 4.74 Å². The zero-order valence-electron chi connectivity index (χ0n) is 11.1. The van der Waals surface area contributed by atoms with Crippen molar-refractivity contribution in [2.24, 2.45) is 0 Å². The van der Waals surface area contributed by atoms with E-state index in [1.165, 1.54) is 6.20 Å². The highest BCUT2D eigenvalue weighted by molar-refractivity contribution is 9.10. The molecule has 2 aromatic rings. The van der Waals surface area contributed by atoms with Gasteiger partial charge in [0.15, 0.2) is 5.69 Å². The molecule has 0 atom stereocenters. The van der Waals surface area contributed by atoms with Gasteiger partial charge in [-0.25, -0.2) is 9.97 Å². The molecule has 0 saturated heterocycles. The molecule has 0 saturated carbocycles. The van der Waals surface area contributed by atoms with E-state index in [2.05, 4.69) is 38.9 Å². The number of unbranched alkanes of at least 4 members (excludes halogenated alkanes) is 1. The lowest BCUT2D eigenvalue weighted by molar-refractivity contribution is 0.309. The zero-order chi connectivity index (χ0) is 14.4. The summed E-state index contributed by atoms with van der Waals surface area (Å²) in [7, 11) is 0.